The molecule has 1 aromatic carbocycles. The fraction of sp³-hybridized carbons (Fsp3) is 0.312. The van der Waals surface area contributed by atoms with Gasteiger partial charge >= 0.3 is 0 Å². The van der Waals surface area contributed by atoms with Crippen LogP contribution in [0.15, 0.2) is 41.0 Å². The molecule has 1 saturated heterocycles. The van der Waals surface area contributed by atoms with E-state index in [1.807, 2.05) is 29.2 Å². The van der Waals surface area contributed by atoms with Crippen LogP contribution in [-0.2, 0) is 6.54 Å². The highest BCUT2D eigenvalue weighted by Crippen LogP contribution is 2.20. The second-order valence-electron chi connectivity index (χ2n) is 5.26. The number of rotatable bonds is 3. The zero-order valence-electron chi connectivity index (χ0n) is 13.0. The van der Waals surface area contributed by atoms with Crippen molar-refractivity contribution in [1.29, 1.82) is 0 Å². The second kappa shape index (κ2) is 9.18. The predicted octanol–water partition coefficient (Wildman–Crippen LogP) is 3.20. The van der Waals surface area contributed by atoms with E-state index >= 15 is 0 Å². The molecule has 132 valence electrons. The van der Waals surface area contributed by atoms with Gasteiger partial charge in [-0.2, -0.15) is 0 Å². The highest BCUT2D eigenvalue weighted by Gasteiger charge is 2.23. The molecular weight excluding hydrogens is 373 g/mol. The highest BCUT2D eigenvalue weighted by molar-refractivity contribution is 6.30. The van der Waals surface area contributed by atoms with Gasteiger partial charge in [-0.3, -0.25) is 4.79 Å². The smallest absolute Gasteiger partial charge is 0.257 e. The third-order valence-corrected chi connectivity index (χ3v) is 4.11. The summed E-state index contributed by atoms with van der Waals surface area (Å²) < 4.78 is 5.23. The Morgan fingerprint density at radius 1 is 1.12 bits per heavy atom. The zero-order valence-corrected chi connectivity index (χ0v) is 15.4. The lowest BCUT2D eigenvalue weighted by Crippen LogP contribution is -2.48. The normalized spacial score (nSPS) is 13.9. The van der Waals surface area contributed by atoms with Crippen molar-refractivity contribution in [3.8, 4) is 0 Å². The molecule has 1 aromatic heterocycles. The van der Waals surface area contributed by atoms with Crippen LogP contribution in [0.25, 0.3) is 0 Å². The van der Waals surface area contributed by atoms with Gasteiger partial charge in [0.15, 0.2) is 0 Å². The Hall–Kier alpha value is -1.40. The van der Waals surface area contributed by atoms with Gasteiger partial charge in [0.1, 0.15) is 12.0 Å². The summed E-state index contributed by atoms with van der Waals surface area (Å²) in [6.07, 6.45) is 1.48. The number of benzene rings is 1. The number of anilines is 1. The maximum atomic E-state index is 12.4. The molecule has 0 saturated carbocycles. The molecule has 2 heterocycles. The van der Waals surface area contributed by atoms with Gasteiger partial charge in [0.2, 0.25) is 0 Å². The molecule has 8 heteroatoms. The summed E-state index contributed by atoms with van der Waals surface area (Å²) in [4.78, 5) is 16.5. The third kappa shape index (κ3) is 4.57. The number of halogens is 3. The number of nitrogens with two attached hydrogens (primary N) is 1. The molecule has 0 bridgehead atoms. The summed E-state index contributed by atoms with van der Waals surface area (Å²) in [5.41, 5.74) is 7.20. The van der Waals surface area contributed by atoms with Crippen molar-refractivity contribution < 1.29 is 9.21 Å². The van der Waals surface area contributed by atoms with Gasteiger partial charge in [-0.05, 0) is 30.3 Å². The maximum Gasteiger partial charge on any atom is 0.257 e. The van der Waals surface area contributed by atoms with Crippen molar-refractivity contribution in [1.82, 2.24) is 4.90 Å². The molecule has 1 amide bonds. The number of hydrogen-bond donors (Lipinski definition) is 1. The molecule has 1 aliphatic rings. The number of furan rings is 1. The van der Waals surface area contributed by atoms with Gasteiger partial charge in [0, 0.05) is 36.9 Å². The van der Waals surface area contributed by atoms with Crippen LogP contribution in [0, 0.1) is 0 Å². The molecule has 0 atom stereocenters. The quantitative estimate of drug-likeness (QED) is 0.871. The standard InChI is InChI=1S/C16H18ClN3O2.2ClH/c17-13-1-3-14(4-2-13)19-5-7-20(8-6-19)16(21)12-9-15(10-18)22-11-12;;/h1-4,9,11H,5-8,10,18H2;2*1H. The summed E-state index contributed by atoms with van der Waals surface area (Å²) >= 11 is 5.91. The number of carbonyl (C=O) groups is 1. The molecule has 0 unspecified atom stereocenters. The number of amides is 1. The van der Waals surface area contributed by atoms with E-state index in [4.69, 9.17) is 21.8 Å². The first-order chi connectivity index (χ1) is 10.7. The summed E-state index contributed by atoms with van der Waals surface area (Å²) in [5.74, 6) is 0.627. The fourth-order valence-electron chi connectivity index (χ4n) is 2.60. The van der Waals surface area contributed by atoms with Crippen molar-refractivity contribution >= 4 is 48.0 Å². The largest absolute Gasteiger partial charge is 0.467 e. The van der Waals surface area contributed by atoms with E-state index in [0.29, 0.717) is 31.0 Å². The Bertz CT molecular complexity index is 653. The third-order valence-electron chi connectivity index (χ3n) is 3.86. The Balaban J connectivity index is 0.00000144. The van der Waals surface area contributed by atoms with E-state index in [9.17, 15) is 4.79 Å². The van der Waals surface area contributed by atoms with Crippen LogP contribution in [0.4, 0.5) is 5.69 Å². The molecule has 0 spiro atoms. The Morgan fingerprint density at radius 2 is 1.75 bits per heavy atom. The molecule has 1 aliphatic heterocycles. The molecule has 2 aromatic rings. The summed E-state index contributed by atoms with van der Waals surface area (Å²) in [5, 5.41) is 0.730. The van der Waals surface area contributed by atoms with Crippen LogP contribution in [-0.4, -0.2) is 37.0 Å². The van der Waals surface area contributed by atoms with Gasteiger partial charge in [0.25, 0.3) is 5.91 Å². The lowest BCUT2D eigenvalue weighted by Gasteiger charge is -2.36. The van der Waals surface area contributed by atoms with Crippen molar-refractivity contribution in [2.75, 3.05) is 31.1 Å². The molecule has 24 heavy (non-hydrogen) atoms. The van der Waals surface area contributed by atoms with Gasteiger partial charge in [0.05, 0.1) is 12.1 Å². The first-order valence-electron chi connectivity index (χ1n) is 7.24. The summed E-state index contributed by atoms with van der Waals surface area (Å²) in [6.45, 7) is 3.27. The van der Waals surface area contributed by atoms with Gasteiger partial charge in [-0.15, -0.1) is 24.8 Å². The molecule has 2 N–H and O–H groups in total. The molecule has 3 rings (SSSR count). The Kier molecular flexibility index (Phi) is 7.90. The fourth-order valence-corrected chi connectivity index (χ4v) is 2.73. The average Bonchev–Trinajstić information content (AvgIpc) is 3.04. The van der Waals surface area contributed by atoms with Crippen molar-refractivity contribution in [3.05, 3.63) is 52.9 Å². The van der Waals surface area contributed by atoms with Crippen LogP contribution in [0.3, 0.4) is 0 Å². The van der Waals surface area contributed by atoms with E-state index in [-0.39, 0.29) is 30.7 Å². The summed E-state index contributed by atoms with van der Waals surface area (Å²) in [7, 11) is 0. The lowest BCUT2D eigenvalue weighted by molar-refractivity contribution is 0.0746. The number of nitrogens with zero attached hydrogens (tertiary/aromatic N) is 2. The van der Waals surface area contributed by atoms with E-state index in [1.54, 1.807) is 6.07 Å². The molecule has 0 radical (unpaired) electrons. The lowest BCUT2D eigenvalue weighted by atomic mass is 10.2. The SMILES string of the molecule is Cl.Cl.NCc1cc(C(=O)N2CCN(c3ccc(Cl)cc3)CC2)co1. The maximum absolute atomic E-state index is 12.4. The van der Waals surface area contributed by atoms with Gasteiger partial charge in [-0.25, -0.2) is 0 Å². The van der Waals surface area contributed by atoms with Crippen molar-refractivity contribution in [2.24, 2.45) is 5.73 Å². The number of hydrogen-bond acceptors (Lipinski definition) is 4. The van der Waals surface area contributed by atoms with Crippen molar-refractivity contribution in [3.63, 3.8) is 0 Å². The van der Waals surface area contributed by atoms with Crippen LogP contribution in [0.5, 0.6) is 0 Å². The van der Waals surface area contributed by atoms with E-state index in [2.05, 4.69) is 4.90 Å². The molecular formula is C16H20Cl3N3O2. The summed E-state index contributed by atoms with van der Waals surface area (Å²) in [6, 6.07) is 9.49. The minimum absolute atomic E-state index is 0. The second-order valence-corrected chi connectivity index (χ2v) is 5.70. The van der Waals surface area contributed by atoms with Gasteiger partial charge < -0.3 is 20.0 Å². The zero-order chi connectivity index (χ0) is 15.5. The van der Waals surface area contributed by atoms with E-state index in [0.717, 1.165) is 23.8 Å². The van der Waals surface area contributed by atoms with Gasteiger partial charge in [-0.1, -0.05) is 11.6 Å². The molecule has 0 aliphatic carbocycles. The first-order valence-corrected chi connectivity index (χ1v) is 7.62. The van der Waals surface area contributed by atoms with Crippen LogP contribution in [0.1, 0.15) is 16.1 Å². The number of piperazine rings is 1. The van der Waals surface area contributed by atoms with Crippen LogP contribution < -0.4 is 10.6 Å². The average molecular weight is 393 g/mol. The topological polar surface area (TPSA) is 62.7 Å². The molecule has 1 fully saturated rings. The molecule has 5 nitrogen and oxygen atoms in total. The first kappa shape index (κ1) is 20.6. The minimum atomic E-state index is -0.000735. The van der Waals surface area contributed by atoms with Crippen LogP contribution >= 0.6 is 36.4 Å². The highest BCUT2D eigenvalue weighted by atomic mass is 35.5. The predicted molar refractivity (Wildman–Crippen MR) is 101 cm³/mol. The van der Waals surface area contributed by atoms with E-state index in [1.165, 1.54) is 6.26 Å². The minimum Gasteiger partial charge on any atom is -0.467 e. The Labute approximate surface area is 158 Å². The monoisotopic (exact) mass is 391 g/mol. The number of carbonyl (C=O) groups excluding carboxylic acids is 1. The van der Waals surface area contributed by atoms with Crippen LogP contribution in [0.2, 0.25) is 5.02 Å². The Morgan fingerprint density at radius 3 is 2.29 bits per heavy atom. The van der Waals surface area contributed by atoms with Crippen molar-refractivity contribution in [2.45, 2.75) is 6.54 Å². The van der Waals surface area contributed by atoms with E-state index < -0.39 is 0 Å².